The lowest BCUT2D eigenvalue weighted by Crippen LogP contribution is -2.33. The van der Waals surface area contributed by atoms with E-state index in [0.717, 1.165) is 43.6 Å². The van der Waals surface area contributed by atoms with Gasteiger partial charge in [0, 0.05) is 19.6 Å². The van der Waals surface area contributed by atoms with E-state index in [4.69, 9.17) is 0 Å². The van der Waals surface area contributed by atoms with Crippen LogP contribution in [0.5, 0.6) is 0 Å². The van der Waals surface area contributed by atoms with Gasteiger partial charge in [0.1, 0.15) is 0 Å². The van der Waals surface area contributed by atoms with Crippen molar-refractivity contribution in [2.24, 2.45) is 0 Å². The molecule has 1 N–H and O–H groups in total. The van der Waals surface area contributed by atoms with Crippen LogP contribution in [0.15, 0.2) is 47.4 Å². The molecule has 0 saturated heterocycles. The molecule has 1 heterocycles. The van der Waals surface area contributed by atoms with Crippen LogP contribution in [0.4, 0.5) is 0 Å². The number of rotatable bonds is 6. The summed E-state index contributed by atoms with van der Waals surface area (Å²) in [5, 5.41) is 0. The molecule has 2 aromatic rings. The number of hydrogen-bond acceptors (Lipinski definition) is 3. The summed E-state index contributed by atoms with van der Waals surface area (Å²) in [6.45, 7) is 7.18. The lowest BCUT2D eigenvalue weighted by atomic mass is 10.00. The summed E-state index contributed by atoms with van der Waals surface area (Å²) in [6.07, 6.45) is 1.89. The van der Waals surface area contributed by atoms with E-state index in [1.54, 1.807) is 6.07 Å². The van der Waals surface area contributed by atoms with Crippen molar-refractivity contribution in [2.45, 2.75) is 38.1 Å². The van der Waals surface area contributed by atoms with Crippen molar-refractivity contribution in [1.82, 2.24) is 9.62 Å². The zero-order chi connectivity index (χ0) is 17.9. The maximum Gasteiger partial charge on any atom is 0.240 e. The van der Waals surface area contributed by atoms with Crippen molar-refractivity contribution in [3.8, 4) is 0 Å². The number of hydrogen-bond donors (Lipinski definition) is 1. The molecule has 1 aliphatic heterocycles. The monoisotopic (exact) mass is 358 g/mol. The maximum atomic E-state index is 12.5. The molecule has 0 spiro atoms. The average molecular weight is 359 g/mol. The van der Waals surface area contributed by atoms with Crippen molar-refractivity contribution in [1.29, 1.82) is 0 Å². The molecule has 2 aromatic carbocycles. The first-order valence-corrected chi connectivity index (χ1v) is 10.3. The van der Waals surface area contributed by atoms with Gasteiger partial charge in [-0.05, 0) is 56.0 Å². The molecule has 0 saturated carbocycles. The van der Waals surface area contributed by atoms with E-state index in [2.05, 4.69) is 33.9 Å². The lowest BCUT2D eigenvalue weighted by molar-refractivity contribution is 0.251. The van der Waals surface area contributed by atoms with E-state index in [1.165, 1.54) is 11.1 Å². The minimum Gasteiger partial charge on any atom is -0.299 e. The van der Waals surface area contributed by atoms with Crippen molar-refractivity contribution in [2.75, 3.05) is 19.6 Å². The first-order chi connectivity index (χ1) is 12.0. The van der Waals surface area contributed by atoms with Gasteiger partial charge in [0.2, 0.25) is 10.0 Å². The van der Waals surface area contributed by atoms with Gasteiger partial charge in [0.25, 0.3) is 0 Å². The third-order valence-corrected chi connectivity index (χ3v) is 6.39. The Morgan fingerprint density at radius 1 is 1.08 bits per heavy atom. The minimum absolute atomic E-state index is 0.380. The lowest BCUT2D eigenvalue weighted by Gasteiger charge is -2.28. The molecule has 4 nitrogen and oxygen atoms in total. The average Bonchev–Trinajstić information content (AvgIpc) is 2.58. The van der Waals surface area contributed by atoms with Crippen LogP contribution < -0.4 is 4.72 Å². The van der Waals surface area contributed by atoms with Crippen molar-refractivity contribution in [3.63, 3.8) is 0 Å². The van der Waals surface area contributed by atoms with Gasteiger partial charge in [-0.1, -0.05) is 42.0 Å². The smallest absolute Gasteiger partial charge is 0.240 e. The van der Waals surface area contributed by atoms with Crippen LogP contribution in [0, 0.1) is 13.8 Å². The Morgan fingerprint density at radius 3 is 2.60 bits per heavy atom. The molecule has 5 heteroatoms. The Hall–Kier alpha value is -1.69. The topological polar surface area (TPSA) is 49.4 Å². The SMILES string of the molecule is Cc1ccc(S(=O)(=O)NCCCN2CCc3ccccc3C2)c(C)c1. The molecular weight excluding hydrogens is 332 g/mol. The summed E-state index contributed by atoms with van der Waals surface area (Å²) < 4.78 is 27.6. The Kier molecular flexibility index (Phi) is 5.57. The molecule has 0 atom stereocenters. The molecular formula is C20H26N2O2S. The normalized spacial score (nSPS) is 15.1. The second kappa shape index (κ2) is 7.68. The molecule has 0 aromatic heterocycles. The molecule has 0 amide bonds. The number of aryl methyl sites for hydroxylation is 2. The van der Waals surface area contributed by atoms with Gasteiger partial charge in [0.15, 0.2) is 0 Å². The molecule has 3 rings (SSSR count). The van der Waals surface area contributed by atoms with Gasteiger partial charge in [-0.15, -0.1) is 0 Å². The molecule has 25 heavy (non-hydrogen) atoms. The Balaban J connectivity index is 1.50. The highest BCUT2D eigenvalue weighted by molar-refractivity contribution is 7.89. The van der Waals surface area contributed by atoms with Gasteiger partial charge in [-0.2, -0.15) is 0 Å². The minimum atomic E-state index is -3.43. The van der Waals surface area contributed by atoms with Crippen molar-refractivity contribution >= 4 is 10.0 Å². The molecule has 0 radical (unpaired) electrons. The quantitative estimate of drug-likeness (QED) is 0.808. The predicted molar refractivity (Wildman–Crippen MR) is 101 cm³/mol. The first kappa shape index (κ1) is 18.1. The van der Waals surface area contributed by atoms with Gasteiger partial charge in [-0.3, -0.25) is 4.90 Å². The zero-order valence-electron chi connectivity index (χ0n) is 15.0. The summed E-state index contributed by atoms with van der Waals surface area (Å²) in [6, 6.07) is 14.0. The Bertz CT molecular complexity index is 847. The fraction of sp³-hybridized carbons (Fsp3) is 0.400. The number of fused-ring (bicyclic) bond motifs is 1. The zero-order valence-corrected chi connectivity index (χ0v) is 15.8. The van der Waals surface area contributed by atoms with E-state index < -0.39 is 10.0 Å². The van der Waals surface area contributed by atoms with Crippen molar-refractivity contribution in [3.05, 3.63) is 64.7 Å². The van der Waals surface area contributed by atoms with Crippen LogP contribution in [-0.4, -0.2) is 33.0 Å². The summed E-state index contributed by atoms with van der Waals surface area (Å²) in [5.41, 5.74) is 4.70. The summed E-state index contributed by atoms with van der Waals surface area (Å²) in [5.74, 6) is 0. The van der Waals surface area contributed by atoms with Crippen LogP contribution in [0.25, 0.3) is 0 Å². The first-order valence-electron chi connectivity index (χ1n) is 8.82. The van der Waals surface area contributed by atoms with Gasteiger partial charge in [0.05, 0.1) is 4.90 Å². The molecule has 134 valence electrons. The molecule has 0 unspecified atom stereocenters. The molecule has 0 fully saturated rings. The second-order valence-electron chi connectivity index (χ2n) is 6.82. The van der Waals surface area contributed by atoms with E-state index in [9.17, 15) is 8.42 Å². The van der Waals surface area contributed by atoms with Crippen LogP contribution >= 0.6 is 0 Å². The van der Waals surface area contributed by atoms with Crippen LogP contribution in [-0.2, 0) is 23.0 Å². The molecule has 1 aliphatic rings. The highest BCUT2D eigenvalue weighted by Crippen LogP contribution is 2.19. The standard InChI is InChI=1S/C20H26N2O2S/c1-16-8-9-20(17(2)14-16)25(23,24)21-11-5-12-22-13-10-18-6-3-4-7-19(18)15-22/h3-4,6-9,14,21H,5,10-13,15H2,1-2H3. The molecule has 0 aliphatic carbocycles. The van der Waals surface area contributed by atoms with Crippen molar-refractivity contribution < 1.29 is 8.42 Å². The number of benzene rings is 2. The fourth-order valence-electron chi connectivity index (χ4n) is 3.43. The summed E-state index contributed by atoms with van der Waals surface area (Å²) in [4.78, 5) is 2.78. The number of nitrogens with zero attached hydrogens (tertiary/aromatic N) is 1. The van der Waals surface area contributed by atoms with Crippen LogP contribution in [0.1, 0.15) is 28.7 Å². The number of nitrogens with one attached hydrogen (secondary N) is 1. The fourth-order valence-corrected chi connectivity index (χ4v) is 4.73. The predicted octanol–water partition coefficient (Wildman–Crippen LogP) is 3.03. The van der Waals surface area contributed by atoms with E-state index >= 15 is 0 Å². The number of sulfonamides is 1. The second-order valence-corrected chi connectivity index (χ2v) is 8.55. The maximum absolute atomic E-state index is 12.5. The summed E-state index contributed by atoms with van der Waals surface area (Å²) in [7, 11) is -3.43. The van der Waals surface area contributed by atoms with Crippen LogP contribution in [0.3, 0.4) is 0 Å². The third-order valence-electron chi connectivity index (χ3n) is 4.77. The van der Waals surface area contributed by atoms with Crippen LogP contribution in [0.2, 0.25) is 0 Å². The van der Waals surface area contributed by atoms with E-state index in [0.29, 0.717) is 11.4 Å². The highest BCUT2D eigenvalue weighted by Gasteiger charge is 2.17. The Labute approximate surface area is 150 Å². The Morgan fingerprint density at radius 2 is 1.84 bits per heavy atom. The highest BCUT2D eigenvalue weighted by atomic mass is 32.2. The largest absolute Gasteiger partial charge is 0.299 e. The van der Waals surface area contributed by atoms with Gasteiger partial charge < -0.3 is 0 Å². The van der Waals surface area contributed by atoms with Gasteiger partial charge in [-0.25, -0.2) is 13.1 Å². The van der Waals surface area contributed by atoms with Gasteiger partial charge >= 0.3 is 0 Å². The molecule has 0 bridgehead atoms. The summed E-state index contributed by atoms with van der Waals surface area (Å²) >= 11 is 0. The van der Waals surface area contributed by atoms with E-state index in [-0.39, 0.29) is 0 Å². The van der Waals surface area contributed by atoms with E-state index in [1.807, 2.05) is 26.0 Å². The third kappa shape index (κ3) is 4.48.